The second kappa shape index (κ2) is 7.80. The number of hydrogen-bond donors (Lipinski definition) is 2. The first-order valence-corrected chi connectivity index (χ1v) is 10.5. The summed E-state index contributed by atoms with van der Waals surface area (Å²) in [7, 11) is 0. The van der Waals surface area contributed by atoms with E-state index in [1.165, 1.54) is 25.1 Å². The van der Waals surface area contributed by atoms with Gasteiger partial charge in [0.25, 0.3) is 0 Å². The summed E-state index contributed by atoms with van der Waals surface area (Å²) in [5.74, 6) is 0.614. The maximum absolute atomic E-state index is 12.7. The number of rotatable bonds is 5. The number of anilines is 1. The minimum atomic E-state index is -4.83. The Morgan fingerprint density at radius 3 is 2.60 bits per heavy atom. The highest BCUT2D eigenvalue weighted by atomic mass is 19.4. The van der Waals surface area contributed by atoms with Gasteiger partial charge in [-0.15, -0.1) is 13.2 Å². The van der Waals surface area contributed by atoms with Gasteiger partial charge in [-0.1, -0.05) is 19.9 Å². The van der Waals surface area contributed by atoms with Crippen LogP contribution in [0.3, 0.4) is 0 Å². The van der Waals surface area contributed by atoms with E-state index in [1.54, 1.807) is 0 Å². The average Bonchev–Trinajstić information content (AvgIpc) is 3.16. The summed E-state index contributed by atoms with van der Waals surface area (Å²) < 4.78 is 42.2. The standard InChI is InChI=1S/C22H28F3N3O2/c1-12(2)20(29)17-5-3-4-14(11-28(17)18-8-13-6-15(18)7-13)16-9-19(21(26)27-10-16)30-22(23,24)25/h5,9-13,15,18,20,29H,3-4,6-8H2,1-2H3,(H2,26,27). The zero-order valence-corrected chi connectivity index (χ0v) is 17.2. The summed E-state index contributed by atoms with van der Waals surface area (Å²) in [4.78, 5) is 6.11. The molecule has 3 saturated carbocycles. The first-order chi connectivity index (χ1) is 14.1. The minimum absolute atomic E-state index is 0.0649. The van der Waals surface area contributed by atoms with Gasteiger partial charge in [-0.3, -0.25) is 0 Å². The fourth-order valence-corrected chi connectivity index (χ4v) is 4.91. The van der Waals surface area contributed by atoms with Crippen molar-refractivity contribution in [1.29, 1.82) is 0 Å². The van der Waals surface area contributed by atoms with Crippen molar-refractivity contribution in [3.63, 3.8) is 0 Å². The van der Waals surface area contributed by atoms with Crippen molar-refractivity contribution >= 4 is 11.4 Å². The number of aliphatic hydroxyl groups is 1. The summed E-state index contributed by atoms with van der Waals surface area (Å²) in [5, 5.41) is 10.9. The molecule has 3 fully saturated rings. The summed E-state index contributed by atoms with van der Waals surface area (Å²) in [6, 6.07) is 1.62. The SMILES string of the molecule is CC(C)C(O)C1=CCCC(c2cnc(N)c(OC(F)(F)F)c2)=CN1C1CC2CC1C2. The minimum Gasteiger partial charge on any atom is -0.402 e. The van der Waals surface area contributed by atoms with Crippen LogP contribution in [-0.2, 0) is 0 Å². The average molecular weight is 423 g/mol. The zero-order chi connectivity index (χ0) is 21.6. The summed E-state index contributed by atoms with van der Waals surface area (Å²) >= 11 is 0. The lowest BCUT2D eigenvalue weighted by molar-refractivity contribution is -0.274. The molecule has 2 unspecified atom stereocenters. The molecule has 8 heteroatoms. The van der Waals surface area contributed by atoms with E-state index in [2.05, 4.69) is 20.7 Å². The molecule has 5 nitrogen and oxygen atoms in total. The van der Waals surface area contributed by atoms with Crippen LogP contribution in [0.25, 0.3) is 5.57 Å². The molecule has 0 amide bonds. The van der Waals surface area contributed by atoms with Crippen LogP contribution in [0.4, 0.5) is 19.0 Å². The third kappa shape index (κ3) is 4.15. The maximum Gasteiger partial charge on any atom is 0.573 e. The van der Waals surface area contributed by atoms with Gasteiger partial charge < -0.3 is 20.5 Å². The van der Waals surface area contributed by atoms with Gasteiger partial charge in [-0.2, -0.15) is 0 Å². The van der Waals surface area contributed by atoms with Crippen molar-refractivity contribution < 1.29 is 23.0 Å². The van der Waals surface area contributed by atoms with E-state index in [9.17, 15) is 18.3 Å². The van der Waals surface area contributed by atoms with Crippen molar-refractivity contribution in [2.24, 2.45) is 17.8 Å². The molecule has 0 radical (unpaired) electrons. The lowest BCUT2D eigenvalue weighted by atomic mass is 9.83. The smallest absolute Gasteiger partial charge is 0.402 e. The van der Waals surface area contributed by atoms with Crippen molar-refractivity contribution in [3.8, 4) is 5.75 Å². The van der Waals surface area contributed by atoms with E-state index in [-0.39, 0.29) is 11.7 Å². The van der Waals surface area contributed by atoms with Crippen LogP contribution in [0.2, 0.25) is 0 Å². The number of ether oxygens (including phenoxy) is 1. The summed E-state index contributed by atoms with van der Waals surface area (Å²) in [5.41, 5.74) is 7.90. The second-order valence-corrected chi connectivity index (χ2v) is 8.97. The number of nitrogens with two attached hydrogens (primary N) is 1. The Morgan fingerprint density at radius 2 is 2.00 bits per heavy atom. The third-order valence-corrected chi connectivity index (χ3v) is 6.52. The Morgan fingerprint density at radius 1 is 1.27 bits per heavy atom. The molecular weight excluding hydrogens is 395 g/mol. The molecule has 1 aromatic rings. The molecule has 1 aliphatic heterocycles. The molecule has 3 aliphatic carbocycles. The second-order valence-electron chi connectivity index (χ2n) is 8.97. The first-order valence-electron chi connectivity index (χ1n) is 10.5. The van der Waals surface area contributed by atoms with Crippen molar-refractivity contribution in [2.45, 2.75) is 64.5 Å². The highest BCUT2D eigenvalue weighted by Crippen LogP contribution is 2.52. The van der Waals surface area contributed by atoms with Gasteiger partial charge >= 0.3 is 6.36 Å². The summed E-state index contributed by atoms with van der Waals surface area (Å²) in [6.45, 7) is 3.97. The number of nitrogens with zero attached hydrogens (tertiary/aromatic N) is 2. The molecule has 4 aliphatic rings. The molecule has 2 atom stereocenters. The number of aliphatic hydroxyl groups excluding tert-OH is 1. The molecule has 0 aromatic carbocycles. The van der Waals surface area contributed by atoms with E-state index in [0.29, 0.717) is 30.4 Å². The Bertz CT molecular complexity index is 860. The molecule has 30 heavy (non-hydrogen) atoms. The van der Waals surface area contributed by atoms with Crippen molar-refractivity contribution in [3.05, 3.63) is 35.8 Å². The van der Waals surface area contributed by atoms with E-state index < -0.39 is 18.2 Å². The lowest BCUT2D eigenvalue weighted by Crippen LogP contribution is -2.38. The Labute approximate surface area is 174 Å². The van der Waals surface area contributed by atoms with Crippen LogP contribution >= 0.6 is 0 Å². The molecule has 1 aromatic heterocycles. The van der Waals surface area contributed by atoms with Gasteiger partial charge in [0.15, 0.2) is 11.6 Å². The van der Waals surface area contributed by atoms with E-state index in [0.717, 1.165) is 23.6 Å². The monoisotopic (exact) mass is 423 g/mol. The highest BCUT2D eigenvalue weighted by Gasteiger charge is 2.47. The first kappa shape index (κ1) is 21.0. The van der Waals surface area contributed by atoms with Crippen molar-refractivity contribution in [2.75, 3.05) is 5.73 Å². The van der Waals surface area contributed by atoms with Crippen LogP contribution in [-0.4, -0.2) is 33.5 Å². The van der Waals surface area contributed by atoms with Gasteiger partial charge in [-0.25, -0.2) is 4.98 Å². The molecule has 5 rings (SSSR count). The van der Waals surface area contributed by atoms with Crippen molar-refractivity contribution in [1.82, 2.24) is 9.88 Å². The van der Waals surface area contributed by atoms with Crippen LogP contribution in [0.15, 0.2) is 30.2 Å². The fraction of sp³-hybridized carbons (Fsp3) is 0.591. The Kier molecular flexibility index (Phi) is 5.46. The molecule has 2 bridgehead atoms. The van der Waals surface area contributed by atoms with Crippen LogP contribution in [0.1, 0.15) is 51.5 Å². The number of pyridine rings is 1. The van der Waals surface area contributed by atoms with E-state index in [4.69, 9.17) is 5.73 Å². The van der Waals surface area contributed by atoms with E-state index >= 15 is 0 Å². The van der Waals surface area contributed by atoms with Crippen LogP contribution in [0.5, 0.6) is 5.75 Å². The normalized spacial score (nSPS) is 27.3. The molecule has 2 heterocycles. The predicted octanol–water partition coefficient (Wildman–Crippen LogP) is 4.70. The largest absolute Gasteiger partial charge is 0.573 e. The molecular formula is C22H28F3N3O2. The van der Waals surface area contributed by atoms with Crippen LogP contribution < -0.4 is 10.5 Å². The number of allylic oxidation sites excluding steroid dienone is 2. The van der Waals surface area contributed by atoms with Gasteiger partial charge in [0.05, 0.1) is 6.10 Å². The fourth-order valence-electron chi connectivity index (χ4n) is 4.91. The third-order valence-electron chi connectivity index (χ3n) is 6.52. The Balaban J connectivity index is 1.69. The molecule has 0 saturated heterocycles. The molecule has 0 spiro atoms. The van der Waals surface area contributed by atoms with Gasteiger partial charge in [-0.05, 0) is 61.5 Å². The van der Waals surface area contributed by atoms with Crippen LogP contribution in [0, 0.1) is 17.8 Å². The number of nitrogen functional groups attached to an aromatic ring is 1. The lowest BCUT2D eigenvalue weighted by Gasteiger charge is -2.36. The maximum atomic E-state index is 12.7. The number of halogens is 3. The Hall–Kier alpha value is -2.22. The quantitative estimate of drug-likeness (QED) is 0.718. The molecule has 164 valence electrons. The number of alkyl halides is 3. The van der Waals surface area contributed by atoms with Gasteiger partial charge in [0.1, 0.15) is 0 Å². The molecule has 3 N–H and O–H groups in total. The van der Waals surface area contributed by atoms with Gasteiger partial charge in [0.2, 0.25) is 0 Å². The number of hydrogen-bond acceptors (Lipinski definition) is 5. The number of fused-ring (bicyclic) bond motifs is 1. The predicted molar refractivity (Wildman–Crippen MR) is 108 cm³/mol. The highest BCUT2D eigenvalue weighted by molar-refractivity contribution is 5.68. The number of aromatic nitrogens is 1. The zero-order valence-electron chi connectivity index (χ0n) is 17.2. The summed E-state index contributed by atoms with van der Waals surface area (Å²) in [6.07, 6.45) is 4.95. The van der Waals surface area contributed by atoms with E-state index in [1.807, 2.05) is 20.0 Å². The van der Waals surface area contributed by atoms with Gasteiger partial charge in [0, 0.05) is 29.7 Å². The topological polar surface area (TPSA) is 71.6 Å².